The van der Waals surface area contributed by atoms with Crippen LogP contribution in [0.3, 0.4) is 0 Å². The molecule has 0 aliphatic rings. The number of hydrogen-bond acceptors (Lipinski definition) is 2. The number of rotatable bonds is 6. The van der Waals surface area contributed by atoms with Gasteiger partial charge in [-0.2, -0.15) is 0 Å². The Balaban J connectivity index is 3.17. The van der Waals surface area contributed by atoms with Crippen LogP contribution in [0.1, 0.15) is 26.2 Å². The van der Waals surface area contributed by atoms with E-state index in [2.05, 4.69) is 5.09 Å². The second-order valence-corrected chi connectivity index (χ2v) is 4.33. The third-order valence-corrected chi connectivity index (χ3v) is 2.04. The predicted octanol–water partition coefficient (Wildman–Crippen LogP) is 0.186. The van der Waals surface area contributed by atoms with E-state index in [1.807, 2.05) is 6.92 Å². The summed E-state index contributed by atoms with van der Waals surface area (Å²) < 4.78 is 10.3. The summed E-state index contributed by atoms with van der Waals surface area (Å²) in [5.74, 6) is 0. The second kappa shape index (κ2) is 5.67. The van der Waals surface area contributed by atoms with E-state index in [1.165, 1.54) is 0 Å². The van der Waals surface area contributed by atoms with E-state index in [-0.39, 0.29) is 6.04 Å². The van der Waals surface area contributed by atoms with Gasteiger partial charge in [-0.05, 0) is 19.8 Å². The molecule has 0 spiro atoms. The number of nitrogens with two attached hydrogens (primary N) is 1. The van der Waals surface area contributed by atoms with Crippen molar-refractivity contribution < 1.29 is 14.4 Å². The van der Waals surface area contributed by atoms with Crippen LogP contribution in [0, 0.1) is 0 Å². The molecule has 0 rings (SSSR count). The Bertz CT molecular complexity index is 157. The summed E-state index contributed by atoms with van der Waals surface area (Å²) in [6, 6.07) is 0.167. The minimum Gasteiger partial charge on any atom is -0.328 e. The van der Waals surface area contributed by atoms with Gasteiger partial charge < -0.3 is 15.5 Å². The van der Waals surface area contributed by atoms with Gasteiger partial charge in [-0.1, -0.05) is 6.42 Å². The van der Waals surface area contributed by atoms with Gasteiger partial charge in [-0.3, -0.25) is 0 Å². The Morgan fingerprint density at radius 2 is 2.08 bits per heavy atom. The topological polar surface area (TPSA) is 95.6 Å². The SMILES string of the molecule is CC(N)CCCCNP(=O)(O)O. The van der Waals surface area contributed by atoms with E-state index in [0.29, 0.717) is 6.54 Å². The van der Waals surface area contributed by atoms with Crippen molar-refractivity contribution in [2.75, 3.05) is 6.54 Å². The van der Waals surface area contributed by atoms with Gasteiger partial charge in [0.15, 0.2) is 0 Å². The van der Waals surface area contributed by atoms with E-state index in [9.17, 15) is 4.57 Å². The van der Waals surface area contributed by atoms with Crippen molar-refractivity contribution in [2.24, 2.45) is 5.73 Å². The first-order valence-electron chi connectivity index (χ1n) is 3.98. The Hall–Kier alpha value is 0.0700. The lowest BCUT2D eigenvalue weighted by Crippen LogP contribution is -2.16. The summed E-state index contributed by atoms with van der Waals surface area (Å²) >= 11 is 0. The predicted molar refractivity (Wildman–Crippen MR) is 47.5 cm³/mol. The summed E-state index contributed by atoms with van der Waals surface area (Å²) in [7, 11) is -4.01. The van der Waals surface area contributed by atoms with Gasteiger partial charge in [-0.15, -0.1) is 0 Å². The molecule has 0 bridgehead atoms. The number of unbranched alkanes of at least 4 members (excludes halogenated alkanes) is 1. The standard InChI is InChI=1S/C6H17N2O3P/c1-6(7)4-2-3-5-8-12(9,10)11/h6H,2-5,7H2,1H3,(H3,8,9,10,11). The Labute approximate surface area is 72.6 Å². The van der Waals surface area contributed by atoms with Crippen LogP contribution in [0.5, 0.6) is 0 Å². The number of hydrogen-bond donors (Lipinski definition) is 4. The van der Waals surface area contributed by atoms with Crippen LogP contribution >= 0.6 is 7.75 Å². The maximum atomic E-state index is 10.3. The molecule has 0 saturated heterocycles. The summed E-state index contributed by atoms with van der Waals surface area (Å²) in [5, 5.41) is 2.12. The van der Waals surface area contributed by atoms with Gasteiger partial charge >= 0.3 is 7.75 Å². The first-order valence-corrected chi connectivity index (χ1v) is 5.59. The lowest BCUT2D eigenvalue weighted by Gasteiger charge is -2.06. The van der Waals surface area contributed by atoms with Gasteiger partial charge in [0, 0.05) is 12.6 Å². The summed E-state index contributed by atoms with van der Waals surface area (Å²) in [6.07, 6.45) is 2.53. The molecule has 12 heavy (non-hydrogen) atoms. The molecule has 1 unspecified atom stereocenters. The van der Waals surface area contributed by atoms with Crippen LogP contribution in [-0.2, 0) is 4.57 Å². The lowest BCUT2D eigenvalue weighted by molar-refractivity contribution is 0.356. The molecule has 6 heteroatoms. The first-order chi connectivity index (χ1) is 5.42. The molecule has 5 N–H and O–H groups in total. The van der Waals surface area contributed by atoms with Crippen LogP contribution in [-0.4, -0.2) is 22.4 Å². The van der Waals surface area contributed by atoms with E-state index >= 15 is 0 Å². The molecule has 0 aromatic carbocycles. The van der Waals surface area contributed by atoms with Gasteiger partial charge in [0.1, 0.15) is 0 Å². The van der Waals surface area contributed by atoms with Crippen LogP contribution in [0.25, 0.3) is 0 Å². The van der Waals surface area contributed by atoms with Crippen molar-refractivity contribution in [3.05, 3.63) is 0 Å². The van der Waals surface area contributed by atoms with Crippen LogP contribution in [0.15, 0.2) is 0 Å². The molecular weight excluding hydrogens is 179 g/mol. The second-order valence-electron chi connectivity index (χ2n) is 2.93. The van der Waals surface area contributed by atoms with Crippen molar-refractivity contribution in [2.45, 2.75) is 32.2 Å². The fourth-order valence-corrected chi connectivity index (χ4v) is 1.27. The average molecular weight is 196 g/mol. The van der Waals surface area contributed by atoms with Crippen molar-refractivity contribution in [3.8, 4) is 0 Å². The van der Waals surface area contributed by atoms with Crippen molar-refractivity contribution in [3.63, 3.8) is 0 Å². The molecule has 0 fully saturated rings. The minimum absolute atomic E-state index is 0.167. The van der Waals surface area contributed by atoms with E-state index in [4.69, 9.17) is 15.5 Å². The molecule has 1 atom stereocenters. The third-order valence-electron chi connectivity index (χ3n) is 1.40. The molecule has 0 amide bonds. The zero-order valence-corrected chi connectivity index (χ0v) is 8.13. The van der Waals surface area contributed by atoms with Crippen molar-refractivity contribution in [1.29, 1.82) is 0 Å². The Morgan fingerprint density at radius 3 is 2.50 bits per heavy atom. The highest BCUT2D eigenvalue weighted by Gasteiger charge is 2.09. The third kappa shape index (κ3) is 10.1. The Kier molecular flexibility index (Phi) is 5.70. The zero-order chi connectivity index (χ0) is 9.61. The van der Waals surface area contributed by atoms with E-state index in [0.717, 1.165) is 19.3 Å². The van der Waals surface area contributed by atoms with E-state index < -0.39 is 7.75 Å². The van der Waals surface area contributed by atoms with Crippen molar-refractivity contribution in [1.82, 2.24) is 5.09 Å². The maximum absolute atomic E-state index is 10.3. The Morgan fingerprint density at radius 1 is 1.50 bits per heavy atom. The van der Waals surface area contributed by atoms with Gasteiger partial charge in [0.25, 0.3) is 0 Å². The lowest BCUT2D eigenvalue weighted by atomic mass is 10.1. The van der Waals surface area contributed by atoms with Crippen molar-refractivity contribution >= 4 is 7.75 Å². The summed E-state index contributed by atoms with van der Waals surface area (Å²) in [4.78, 5) is 16.8. The number of nitrogens with one attached hydrogen (secondary N) is 1. The smallest absolute Gasteiger partial charge is 0.328 e. The maximum Gasteiger partial charge on any atom is 0.400 e. The zero-order valence-electron chi connectivity index (χ0n) is 7.23. The average Bonchev–Trinajstić information content (AvgIpc) is 1.83. The van der Waals surface area contributed by atoms with Gasteiger partial charge in [0.2, 0.25) is 0 Å². The minimum atomic E-state index is -4.01. The molecule has 0 aromatic heterocycles. The molecule has 0 radical (unpaired) electrons. The highest BCUT2D eigenvalue weighted by Crippen LogP contribution is 2.27. The fraction of sp³-hybridized carbons (Fsp3) is 1.00. The highest BCUT2D eigenvalue weighted by molar-refractivity contribution is 7.49. The molecule has 0 aliphatic carbocycles. The fourth-order valence-electron chi connectivity index (χ4n) is 0.816. The largest absolute Gasteiger partial charge is 0.400 e. The molecule has 74 valence electrons. The monoisotopic (exact) mass is 196 g/mol. The molecule has 0 heterocycles. The quantitative estimate of drug-likeness (QED) is 0.359. The first kappa shape index (κ1) is 12.1. The van der Waals surface area contributed by atoms with Gasteiger partial charge in [0.05, 0.1) is 0 Å². The molecule has 0 saturated carbocycles. The van der Waals surface area contributed by atoms with Crippen LogP contribution < -0.4 is 10.8 Å². The van der Waals surface area contributed by atoms with Crippen LogP contribution in [0.2, 0.25) is 0 Å². The summed E-state index contributed by atoms with van der Waals surface area (Å²) in [5.41, 5.74) is 5.49. The molecule has 0 aromatic rings. The van der Waals surface area contributed by atoms with Gasteiger partial charge in [-0.25, -0.2) is 9.65 Å². The highest BCUT2D eigenvalue weighted by atomic mass is 31.2. The molecular formula is C6H17N2O3P. The summed E-state index contributed by atoms with van der Waals surface area (Å²) in [6.45, 7) is 2.26. The molecule has 0 aliphatic heterocycles. The van der Waals surface area contributed by atoms with Crippen LogP contribution in [0.4, 0.5) is 0 Å². The van der Waals surface area contributed by atoms with E-state index in [1.54, 1.807) is 0 Å². The normalized spacial score (nSPS) is 14.7. The molecule has 5 nitrogen and oxygen atoms in total.